The smallest absolute Gasteiger partial charge is 0.174 e. The molecule has 0 aliphatic heterocycles. The molecule has 1 aromatic heterocycles. The molecular formula is C16H22BrN3O2. The second kappa shape index (κ2) is 8.80. The van der Waals surface area contributed by atoms with E-state index in [1.807, 2.05) is 29.9 Å². The highest BCUT2D eigenvalue weighted by Gasteiger charge is 2.10. The maximum absolute atomic E-state index is 5.63. The Morgan fingerprint density at radius 3 is 2.91 bits per heavy atom. The van der Waals surface area contributed by atoms with Crippen LogP contribution in [0.4, 0.5) is 0 Å². The van der Waals surface area contributed by atoms with E-state index in [-0.39, 0.29) is 0 Å². The monoisotopic (exact) mass is 367 g/mol. The van der Waals surface area contributed by atoms with E-state index < -0.39 is 0 Å². The van der Waals surface area contributed by atoms with E-state index in [1.165, 1.54) is 0 Å². The van der Waals surface area contributed by atoms with Crippen LogP contribution in [0.5, 0.6) is 11.5 Å². The average molecular weight is 368 g/mol. The van der Waals surface area contributed by atoms with Crippen LogP contribution < -0.4 is 14.8 Å². The van der Waals surface area contributed by atoms with Crippen LogP contribution in [0.25, 0.3) is 0 Å². The van der Waals surface area contributed by atoms with Crippen LogP contribution in [0.2, 0.25) is 0 Å². The van der Waals surface area contributed by atoms with Crippen molar-refractivity contribution in [1.29, 1.82) is 0 Å². The number of halogens is 1. The first-order valence-corrected chi connectivity index (χ1v) is 8.21. The molecule has 0 spiro atoms. The van der Waals surface area contributed by atoms with E-state index in [4.69, 9.17) is 9.47 Å². The highest BCUT2D eigenvalue weighted by molar-refractivity contribution is 9.10. The van der Waals surface area contributed by atoms with Gasteiger partial charge in [-0.15, -0.1) is 0 Å². The van der Waals surface area contributed by atoms with Gasteiger partial charge in [0.15, 0.2) is 11.5 Å². The third kappa shape index (κ3) is 4.74. The number of ether oxygens (including phenoxy) is 2. The number of nitrogens with zero attached hydrogens (tertiary/aromatic N) is 2. The molecule has 6 heteroatoms. The van der Waals surface area contributed by atoms with Gasteiger partial charge >= 0.3 is 0 Å². The number of nitrogens with one attached hydrogen (secondary N) is 1. The standard InChI is InChI=1S/C16H22BrN3O2/c1-3-22-15-11-13(10-14(17)16(15)21-2)12-18-6-4-8-20-9-5-7-19-20/h5,7,9-11,18H,3-4,6,8,12H2,1-2H3. The largest absolute Gasteiger partial charge is 0.492 e. The molecule has 0 saturated carbocycles. The summed E-state index contributed by atoms with van der Waals surface area (Å²) in [6.45, 7) is 5.24. The molecule has 1 heterocycles. The summed E-state index contributed by atoms with van der Waals surface area (Å²) in [5, 5.41) is 7.63. The molecular weight excluding hydrogens is 346 g/mol. The first-order valence-electron chi connectivity index (χ1n) is 7.42. The summed E-state index contributed by atoms with van der Waals surface area (Å²) in [5.74, 6) is 1.51. The van der Waals surface area contributed by atoms with E-state index in [0.717, 1.165) is 47.6 Å². The molecule has 0 aliphatic rings. The van der Waals surface area contributed by atoms with Gasteiger partial charge in [-0.1, -0.05) is 0 Å². The topological polar surface area (TPSA) is 48.3 Å². The highest BCUT2D eigenvalue weighted by Crippen LogP contribution is 2.36. The summed E-state index contributed by atoms with van der Waals surface area (Å²) in [6, 6.07) is 6.02. The minimum atomic E-state index is 0.615. The van der Waals surface area contributed by atoms with E-state index >= 15 is 0 Å². The number of methoxy groups -OCH3 is 1. The van der Waals surface area contributed by atoms with Crippen molar-refractivity contribution in [2.24, 2.45) is 0 Å². The second-order valence-electron chi connectivity index (χ2n) is 4.84. The molecule has 1 aromatic carbocycles. The van der Waals surface area contributed by atoms with Gasteiger partial charge in [0.1, 0.15) is 0 Å². The molecule has 2 rings (SSSR count). The van der Waals surface area contributed by atoms with Crippen molar-refractivity contribution >= 4 is 15.9 Å². The van der Waals surface area contributed by atoms with E-state index in [2.05, 4.69) is 32.4 Å². The van der Waals surface area contributed by atoms with Crippen molar-refractivity contribution in [1.82, 2.24) is 15.1 Å². The Balaban J connectivity index is 1.84. The van der Waals surface area contributed by atoms with Crippen LogP contribution in [-0.2, 0) is 13.1 Å². The van der Waals surface area contributed by atoms with Crippen molar-refractivity contribution in [2.75, 3.05) is 20.3 Å². The molecule has 5 nitrogen and oxygen atoms in total. The Bertz CT molecular complexity index is 573. The first-order chi connectivity index (χ1) is 10.7. The molecule has 1 N–H and O–H groups in total. The Kier molecular flexibility index (Phi) is 6.74. The van der Waals surface area contributed by atoms with Crippen molar-refractivity contribution < 1.29 is 9.47 Å². The van der Waals surface area contributed by atoms with Gasteiger partial charge in [0.25, 0.3) is 0 Å². The predicted molar refractivity (Wildman–Crippen MR) is 90.4 cm³/mol. The number of hydrogen-bond acceptors (Lipinski definition) is 4. The quantitative estimate of drug-likeness (QED) is 0.691. The molecule has 0 aliphatic carbocycles. The summed E-state index contributed by atoms with van der Waals surface area (Å²) in [4.78, 5) is 0. The Labute approximate surface area is 139 Å². The predicted octanol–water partition coefficient (Wildman–Crippen LogP) is 3.23. The van der Waals surface area contributed by atoms with Crippen LogP contribution >= 0.6 is 15.9 Å². The van der Waals surface area contributed by atoms with Crippen LogP contribution in [0, 0.1) is 0 Å². The van der Waals surface area contributed by atoms with Gasteiger partial charge in [-0.05, 0) is 59.6 Å². The van der Waals surface area contributed by atoms with Crippen LogP contribution in [0.3, 0.4) is 0 Å². The zero-order valence-corrected chi connectivity index (χ0v) is 14.6. The number of aryl methyl sites for hydroxylation is 1. The number of aromatic nitrogens is 2. The molecule has 0 atom stereocenters. The fraction of sp³-hybridized carbons (Fsp3) is 0.438. The van der Waals surface area contributed by atoms with Crippen molar-refractivity contribution in [3.8, 4) is 11.5 Å². The van der Waals surface area contributed by atoms with Gasteiger partial charge in [0.2, 0.25) is 0 Å². The molecule has 0 unspecified atom stereocenters. The fourth-order valence-corrected chi connectivity index (χ4v) is 2.87. The Morgan fingerprint density at radius 2 is 2.23 bits per heavy atom. The summed E-state index contributed by atoms with van der Waals surface area (Å²) in [5.41, 5.74) is 1.16. The van der Waals surface area contributed by atoms with Gasteiger partial charge in [0.05, 0.1) is 18.2 Å². The molecule has 0 saturated heterocycles. The van der Waals surface area contributed by atoms with E-state index in [9.17, 15) is 0 Å². The maximum Gasteiger partial charge on any atom is 0.174 e. The lowest BCUT2D eigenvalue weighted by molar-refractivity contribution is 0.309. The summed E-state index contributed by atoms with van der Waals surface area (Å²) in [6.07, 6.45) is 4.82. The van der Waals surface area contributed by atoms with Crippen molar-refractivity contribution in [3.05, 3.63) is 40.6 Å². The average Bonchev–Trinajstić information content (AvgIpc) is 3.00. The van der Waals surface area contributed by atoms with Gasteiger partial charge < -0.3 is 14.8 Å². The van der Waals surface area contributed by atoms with Crippen LogP contribution in [-0.4, -0.2) is 30.0 Å². The van der Waals surface area contributed by atoms with Gasteiger partial charge in [-0.3, -0.25) is 4.68 Å². The minimum Gasteiger partial charge on any atom is -0.492 e. The zero-order chi connectivity index (χ0) is 15.8. The molecule has 22 heavy (non-hydrogen) atoms. The summed E-state index contributed by atoms with van der Waals surface area (Å²) in [7, 11) is 1.65. The summed E-state index contributed by atoms with van der Waals surface area (Å²) >= 11 is 3.53. The molecule has 0 bridgehead atoms. The van der Waals surface area contributed by atoms with E-state index in [1.54, 1.807) is 13.3 Å². The number of rotatable bonds is 9. The first kappa shape index (κ1) is 16.8. The number of hydrogen-bond donors (Lipinski definition) is 1. The van der Waals surface area contributed by atoms with Crippen LogP contribution in [0.1, 0.15) is 18.9 Å². The molecule has 0 fully saturated rings. The van der Waals surface area contributed by atoms with Gasteiger partial charge in [-0.25, -0.2) is 0 Å². The van der Waals surface area contributed by atoms with Crippen LogP contribution in [0.15, 0.2) is 35.1 Å². The van der Waals surface area contributed by atoms with E-state index in [0.29, 0.717) is 6.61 Å². The number of benzene rings is 1. The Morgan fingerprint density at radius 1 is 1.36 bits per heavy atom. The normalized spacial score (nSPS) is 10.7. The minimum absolute atomic E-state index is 0.615. The van der Waals surface area contributed by atoms with Crippen molar-refractivity contribution in [2.45, 2.75) is 26.4 Å². The second-order valence-corrected chi connectivity index (χ2v) is 5.70. The fourth-order valence-electron chi connectivity index (χ4n) is 2.22. The highest BCUT2D eigenvalue weighted by atomic mass is 79.9. The van der Waals surface area contributed by atoms with Crippen molar-refractivity contribution in [3.63, 3.8) is 0 Å². The lowest BCUT2D eigenvalue weighted by Gasteiger charge is -2.13. The third-order valence-electron chi connectivity index (χ3n) is 3.20. The van der Waals surface area contributed by atoms with Gasteiger partial charge in [0, 0.05) is 25.5 Å². The zero-order valence-electron chi connectivity index (χ0n) is 13.0. The lowest BCUT2D eigenvalue weighted by atomic mass is 10.2. The molecule has 120 valence electrons. The maximum atomic E-state index is 5.63. The van der Waals surface area contributed by atoms with Gasteiger partial charge in [-0.2, -0.15) is 5.10 Å². The SMILES string of the molecule is CCOc1cc(CNCCCn2cccn2)cc(Br)c1OC. The molecule has 0 amide bonds. The molecule has 2 aromatic rings. The third-order valence-corrected chi connectivity index (χ3v) is 3.79. The Hall–Kier alpha value is -1.53. The summed E-state index contributed by atoms with van der Waals surface area (Å²) < 4.78 is 13.9. The molecule has 0 radical (unpaired) electrons. The lowest BCUT2D eigenvalue weighted by Crippen LogP contribution is -2.16.